The van der Waals surface area contributed by atoms with Crippen LogP contribution in [0.4, 0.5) is 5.69 Å². The molecular formula is C16H20N3O5P. The van der Waals surface area contributed by atoms with Crippen LogP contribution in [0.5, 0.6) is 5.75 Å². The lowest BCUT2D eigenvalue weighted by Gasteiger charge is -2.24. The number of benzene rings is 1. The Hall–Kier alpha value is -2.12. The van der Waals surface area contributed by atoms with Crippen LogP contribution in [0, 0.1) is 0 Å². The Balaban J connectivity index is 2.09. The molecule has 0 radical (unpaired) electrons. The van der Waals surface area contributed by atoms with Crippen molar-refractivity contribution in [3.63, 3.8) is 0 Å². The summed E-state index contributed by atoms with van der Waals surface area (Å²) in [6.45, 7) is 4.67. The molecule has 0 fully saturated rings. The highest BCUT2D eigenvalue weighted by Crippen LogP contribution is 2.45. The Kier molecular flexibility index (Phi) is 4.96. The number of carbonyl (C=O) groups is 1. The first-order chi connectivity index (χ1) is 11.9. The Morgan fingerprint density at radius 3 is 2.84 bits per heavy atom. The number of phosphoric acid groups is 1. The van der Waals surface area contributed by atoms with Crippen LogP contribution in [0.1, 0.15) is 19.0 Å². The van der Waals surface area contributed by atoms with Crippen LogP contribution in [0.2, 0.25) is 0 Å². The number of rotatable bonds is 6. The molecule has 1 aliphatic rings. The molecule has 0 aliphatic carbocycles. The van der Waals surface area contributed by atoms with Crippen LogP contribution in [-0.2, 0) is 9.36 Å². The van der Waals surface area contributed by atoms with E-state index in [1.54, 1.807) is 18.2 Å². The molecule has 1 aliphatic heterocycles. The molecule has 0 saturated heterocycles. The number of fused-ring (bicyclic) bond motifs is 1. The summed E-state index contributed by atoms with van der Waals surface area (Å²) in [6, 6.07) is 5.00. The maximum atomic E-state index is 11.4. The fourth-order valence-electron chi connectivity index (χ4n) is 2.99. The van der Waals surface area contributed by atoms with E-state index < -0.39 is 7.82 Å². The van der Waals surface area contributed by atoms with E-state index in [2.05, 4.69) is 22.1 Å². The van der Waals surface area contributed by atoms with Gasteiger partial charge in [0.1, 0.15) is 0 Å². The third-order valence-corrected chi connectivity index (χ3v) is 4.67. The number of likely N-dealkylation sites (N-methyl/N-ethyl adjacent to an activating group) is 1. The van der Waals surface area contributed by atoms with Gasteiger partial charge in [0.05, 0.1) is 11.2 Å². The third kappa shape index (κ3) is 3.93. The van der Waals surface area contributed by atoms with Crippen LogP contribution in [0.25, 0.3) is 16.5 Å². The molecule has 0 unspecified atom stereocenters. The molecule has 1 amide bonds. The summed E-state index contributed by atoms with van der Waals surface area (Å²) >= 11 is 0. The summed E-state index contributed by atoms with van der Waals surface area (Å²) in [5.74, 6) is 0.136. The molecule has 8 nitrogen and oxygen atoms in total. The average molecular weight is 365 g/mol. The van der Waals surface area contributed by atoms with Crippen molar-refractivity contribution in [2.75, 3.05) is 25.0 Å². The van der Waals surface area contributed by atoms with Gasteiger partial charge in [0, 0.05) is 24.2 Å². The Morgan fingerprint density at radius 1 is 1.44 bits per heavy atom. The first-order valence-corrected chi connectivity index (χ1v) is 9.47. The first kappa shape index (κ1) is 17.7. The van der Waals surface area contributed by atoms with Crippen molar-refractivity contribution >= 4 is 36.4 Å². The SMILES string of the molecule is CCN1CC=C(c2[nH]c3cc(NC=O)ccc3c2OP(=O)(O)O)CC1. The number of hydrogen-bond acceptors (Lipinski definition) is 4. The number of amides is 1. The van der Waals surface area contributed by atoms with Gasteiger partial charge in [-0.05, 0) is 36.7 Å². The van der Waals surface area contributed by atoms with Crippen LogP contribution in [0.3, 0.4) is 0 Å². The average Bonchev–Trinajstić information content (AvgIpc) is 2.91. The predicted molar refractivity (Wildman–Crippen MR) is 95.4 cm³/mol. The molecule has 4 N–H and O–H groups in total. The number of carbonyl (C=O) groups excluding carboxylic acids is 1. The number of anilines is 1. The van der Waals surface area contributed by atoms with Gasteiger partial charge in [-0.25, -0.2) is 4.57 Å². The van der Waals surface area contributed by atoms with Gasteiger partial charge in [-0.2, -0.15) is 0 Å². The van der Waals surface area contributed by atoms with Gasteiger partial charge in [0.2, 0.25) is 6.41 Å². The zero-order valence-corrected chi connectivity index (χ0v) is 14.6. The Bertz CT molecular complexity index is 870. The quantitative estimate of drug-likeness (QED) is 0.461. The van der Waals surface area contributed by atoms with Gasteiger partial charge < -0.3 is 14.8 Å². The number of aromatic nitrogens is 1. The molecule has 9 heteroatoms. The van der Waals surface area contributed by atoms with Crippen LogP contribution < -0.4 is 9.84 Å². The molecule has 3 rings (SSSR count). The summed E-state index contributed by atoms with van der Waals surface area (Å²) in [5.41, 5.74) is 2.73. The Morgan fingerprint density at radius 2 is 2.24 bits per heavy atom. The molecule has 134 valence electrons. The summed E-state index contributed by atoms with van der Waals surface area (Å²) < 4.78 is 16.4. The maximum absolute atomic E-state index is 11.4. The second-order valence-electron chi connectivity index (χ2n) is 5.81. The van der Waals surface area contributed by atoms with E-state index in [1.165, 1.54) is 0 Å². The largest absolute Gasteiger partial charge is 0.524 e. The maximum Gasteiger partial charge on any atom is 0.524 e. The second kappa shape index (κ2) is 7.01. The third-order valence-electron chi connectivity index (χ3n) is 4.25. The van der Waals surface area contributed by atoms with E-state index in [-0.39, 0.29) is 5.75 Å². The van der Waals surface area contributed by atoms with E-state index in [1.807, 2.05) is 6.08 Å². The van der Waals surface area contributed by atoms with Gasteiger partial charge in [-0.15, -0.1) is 0 Å². The molecule has 0 spiro atoms. The standard InChI is InChI=1S/C16H20N3O5P/c1-2-19-7-5-11(6-8-19)15-16(24-25(21,22)23)13-4-3-12(17-10-20)9-14(13)18-15/h3-5,9-10,18H,2,6-8H2,1H3,(H,17,20)(H2,21,22,23). The number of H-pyrrole nitrogens is 1. The highest BCUT2D eigenvalue weighted by atomic mass is 31.2. The van der Waals surface area contributed by atoms with Gasteiger partial charge in [0.15, 0.2) is 5.75 Å². The van der Waals surface area contributed by atoms with Crippen LogP contribution >= 0.6 is 7.82 Å². The van der Waals surface area contributed by atoms with E-state index in [0.717, 1.165) is 31.6 Å². The summed E-state index contributed by atoms with van der Waals surface area (Å²) in [7, 11) is -4.71. The molecule has 0 saturated carbocycles. The van der Waals surface area contributed by atoms with E-state index in [9.17, 15) is 19.1 Å². The zero-order valence-electron chi connectivity index (χ0n) is 13.7. The van der Waals surface area contributed by atoms with Gasteiger partial charge >= 0.3 is 7.82 Å². The van der Waals surface area contributed by atoms with Crippen molar-refractivity contribution in [2.45, 2.75) is 13.3 Å². The number of nitrogens with one attached hydrogen (secondary N) is 2. The summed E-state index contributed by atoms with van der Waals surface area (Å²) in [5, 5.41) is 3.10. The lowest BCUT2D eigenvalue weighted by molar-refractivity contribution is -0.105. The minimum Gasteiger partial charge on any atom is -0.401 e. The second-order valence-corrected chi connectivity index (χ2v) is 6.97. The number of aromatic amines is 1. The topological polar surface area (TPSA) is 115 Å². The predicted octanol–water partition coefficient (Wildman–Crippen LogP) is 2.32. The Labute approximate surface area is 144 Å². The van der Waals surface area contributed by atoms with E-state index in [0.29, 0.717) is 28.7 Å². The lowest BCUT2D eigenvalue weighted by atomic mass is 10.0. The molecule has 1 aromatic heterocycles. The zero-order chi connectivity index (χ0) is 18.0. The molecule has 0 atom stereocenters. The number of nitrogens with zero attached hydrogens (tertiary/aromatic N) is 1. The fourth-order valence-corrected chi connectivity index (χ4v) is 3.42. The smallest absolute Gasteiger partial charge is 0.401 e. The lowest BCUT2D eigenvalue weighted by Crippen LogP contribution is -2.28. The van der Waals surface area contributed by atoms with Gasteiger partial charge in [-0.3, -0.25) is 19.5 Å². The summed E-state index contributed by atoms with van der Waals surface area (Å²) in [6.07, 6.45) is 3.35. The molecule has 2 heterocycles. The van der Waals surface area contributed by atoms with Crippen molar-refractivity contribution in [3.8, 4) is 5.75 Å². The van der Waals surface area contributed by atoms with Crippen molar-refractivity contribution in [1.29, 1.82) is 0 Å². The van der Waals surface area contributed by atoms with Crippen molar-refractivity contribution in [2.24, 2.45) is 0 Å². The number of hydrogen-bond donors (Lipinski definition) is 4. The van der Waals surface area contributed by atoms with Crippen LogP contribution in [-0.4, -0.2) is 45.7 Å². The first-order valence-electron chi connectivity index (χ1n) is 7.94. The normalized spacial score (nSPS) is 15.9. The van der Waals surface area contributed by atoms with Crippen molar-refractivity contribution in [3.05, 3.63) is 30.0 Å². The minimum absolute atomic E-state index is 0.136. The molecular weight excluding hydrogens is 345 g/mol. The van der Waals surface area contributed by atoms with Crippen molar-refractivity contribution in [1.82, 2.24) is 9.88 Å². The monoisotopic (exact) mass is 365 g/mol. The molecule has 1 aromatic carbocycles. The highest BCUT2D eigenvalue weighted by Gasteiger charge is 2.25. The molecule has 2 aromatic rings. The fraction of sp³-hybridized carbons (Fsp3) is 0.312. The molecule has 0 bridgehead atoms. The minimum atomic E-state index is -4.71. The van der Waals surface area contributed by atoms with Gasteiger partial charge in [0.25, 0.3) is 0 Å². The van der Waals surface area contributed by atoms with Gasteiger partial charge in [-0.1, -0.05) is 13.0 Å². The molecule has 25 heavy (non-hydrogen) atoms. The van der Waals surface area contributed by atoms with E-state index >= 15 is 0 Å². The van der Waals surface area contributed by atoms with E-state index in [4.69, 9.17) is 4.52 Å². The van der Waals surface area contributed by atoms with Crippen molar-refractivity contribution < 1.29 is 23.7 Å². The summed E-state index contributed by atoms with van der Waals surface area (Å²) in [4.78, 5) is 34.6. The number of phosphoric ester groups is 1. The van der Waals surface area contributed by atoms with Crippen LogP contribution in [0.15, 0.2) is 24.3 Å². The highest BCUT2D eigenvalue weighted by molar-refractivity contribution is 7.46.